The van der Waals surface area contributed by atoms with Gasteiger partial charge in [-0.25, -0.2) is 0 Å². The summed E-state index contributed by atoms with van der Waals surface area (Å²) in [6.45, 7) is 11.3. The molecule has 3 N–H and O–H groups in total. The molecule has 0 aliphatic rings. The van der Waals surface area contributed by atoms with Gasteiger partial charge in [-0.1, -0.05) is 20.8 Å². The summed E-state index contributed by atoms with van der Waals surface area (Å²) in [6, 6.07) is 0. The van der Waals surface area contributed by atoms with Crippen molar-refractivity contribution < 1.29 is 4.79 Å². The van der Waals surface area contributed by atoms with Gasteiger partial charge in [0.15, 0.2) is 0 Å². The van der Waals surface area contributed by atoms with Crippen LogP contribution in [-0.2, 0) is 4.79 Å². The minimum absolute atomic E-state index is 0.255. The van der Waals surface area contributed by atoms with Gasteiger partial charge in [0.1, 0.15) is 0 Å². The summed E-state index contributed by atoms with van der Waals surface area (Å²) in [4.78, 5) is 13.8. The minimum Gasteiger partial charge on any atom is -0.368 e. The fourth-order valence-corrected chi connectivity index (χ4v) is 1.98. The molecule has 0 bridgehead atoms. The highest BCUT2D eigenvalue weighted by Crippen LogP contribution is 2.12. The first kappa shape index (κ1) is 17.4. The van der Waals surface area contributed by atoms with Crippen molar-refractivity contribution >= 4 is 5.91 Å². The van der Waals surface area contributed by atoms with Crippen LogP contribution in [0, 0.1) is 5.92 Å². The third-order valence-electron chi connectivity index (χ3n) is 3.42. The number of hydrogen-bond donors (Lipinski definition) is 2. The number of nitrogens with zero attached hydrogens (tertiary/aromatic N) is 1. The molecular formula is C14H31N3O. The number of carbonyl (C=O) groups excluding carboxylic acids is 1. The number of nitrogens with one attached hydrogen (secondary N) is 1. The Balaban J connectivity index is 3.96. The summed E-state index contributed by atoms with van der Waals surface area (Å²) in [7, 11) is 2.14. The van der Waals surface area contributed by atoms with Crippen LogP contribution in [0.5, 0.6) is 0 Å². The van der Waals surface area contributed by atoms with Gasteiger partial charge in [-0.15, -0.1) is 0 Å². The monoisotopic (exact) mass is 257 g/mol. The number of likely N-dealkylation sites (N-methyl/N-ethyl adjacent to an activating group) is 1. The van der Waals surface area contributed by atoms with E-state index in [1.165, 1.54) is 6.42 Å². The predicted molar refractivity (Wildman–Crippen MR) is 77.5 cm³/mol. The Morgan fingerprint density at radius 2 is 2.00 bits per heavy atom. The van der Waals surface area contributed by atoms with Gasteiger partial charge in [0, 0.05) is 0 Å². The second-order valence-corrected chi connectivity index (χ2v) is 5.82. The van der Waals surface area contributed by atoms with Crippen molar-refractivity contribution in [2.24, 2.45) is 11.7 Å². The lowest BCUT2D eigenvalue weighted by Gasteiger charge is -2.28. The molecule has 0 aromatic rings. The van der Waals surface area contributed by atoms with Gasteiger partial charge in [0.05, 0.1) is 5.54 Å². The quantitative estimate of drug-likeness (QED) is 0.625. The van der Waals surface area contributed by atoms with E-state index >= 15 is 0 Å². The fraction of sp³-hybridized carbons (Fsp3) is 0.929. The van der Waals surface area contributed by atoms with Crippen LogP contribution in [0.15, 0.2) is 0 Å². The number of nitrogens with two attached hydrogens (primary N) is 1. The summed E-state index contributed by atoms with van der Waals surface area (Å²) in [5, 5.41) is 3.19. The topological polar surface area (TPSA) is 58.4 Å². The molecule has 1 amide bonds. The predicted octanol–water partition coefficient (Wildman–Crippen LogP) is 1.60. The zero-order chi connectivity index (χ0) is 14.2. The smallest absolute Gasteiger partial charge is 0.237 e. The highest BCUT2D eigenvalue weighted by molar-refractivity contribution is 5.84. The van der Waals surface area contributed by atoms with Crippen LogP contribution in [0.1, 0.15) is 47.0 Å². The Morgan fingerprint density at radius 3 is 2.44 bits per heavy atom. The highest BCUT2D eigenvalue weighted by atomic mass is 16.1. The highest BCUT2D eigenvalue weighted by Gasteiger charge is 2.29. The Hall–Kier alpha value is -0.610. The van der Waals surface area contributed by atoms with E-state index in [1.54, 1.807) is 0 Å². The van der Waals surface area contributed by atoms with E-state index in [0.717, 1.165) is 38.4 Å². The molecule has 0 fully saturated rings. The molecule has 4 nitrogen and oxygen atoms in total. The minimum atomic E-state index is -0.562. The molecule has 0 saturated heterocycles. The second kappa shape index (κ2) is 8.48. The van der Waals surface area contributed by atoms with E-state index in [4.69, 9.17) is 5.73 Å². The van der Waals surface area contributed by atoms with E-state index in [2.05, 4.69) is 31.1 Å². The van der Waals surface area contributed by atoms with Crippen molar-refractivity contribution in [1.29, 1.82) is 0 Å². The summed E-state index contributed by atoms with van der Waals surface area (Å²) in [6.07, 6.45) is 3.00. The Kier molecular flexibility index (Phi) is 8.20. The van der Waals surface area contributed by atoms with Crippen molar-refractivity contribution in [3.63, 3.8) is 0 Å². The molecule has 4 heteroatoms. The zero-order valence-electron chi connectivity index (χ0n) is 12.8. The van der Waals surface area contributed by atoms with Crippen molar-refractivity contribution in [3.8, 4) is 0 Å². The molecule has 0 spiro atoms. The lowest BCUT2D eigenvalue weighted by atomic mass is 9.94. The molecule has 108 valence electrons. The van der Waals surface area contributed by atoms with E-state index in [9.17, 15) is 4.79 Å². The van der Waals surface area contributed by atoms with Crippen LogP contribution >= 0.6 is 0 Å². The molecule has 1 atom stereocenters. The van der Waals surface area contributed by atoms with Crippen molar-refractivity contribution in [1.82, 2.24) is 10.2 Å². The Morgan fingerprint density at radius 1 is 1.39 bits per heavy atom. The van der Waals surface area contributed by atoms with Crippen LogP contribution in [0.4, 0.5) is 0 Å². The Labute approximate surface area is 112 Å². The van der Waals surface area contributed by atoms with Crippen LogP contribution in [0.3, 0.4) is 0 Å². The van der Waals surface area contributed by atoms with Gasteiger partial charge in [-0.05, 0) is 58.8 Å². The van der Waals surface area contributed by atoms with E-state index < -0.39 is 5.54 Å². The average Bonchev–Trinajstić information content (AvgIpc) is 2.26. The first-order valence-electron chi connectivity index (χ1n) is 7.05. The van der Waals surface area contributed by atoms with Crippen molar-refractivity contribution in [2.75, 3.05) is 26.7 Å². The third kappa shape index (κ3) is 6.97. The maximum Gasteiger partial charge on any atom is 0.237 e. The zero-order valence-corrected chi connectivity index (χ0v) is 12.8. The summed E-state index contributed by atoms with van der Waals surface area (Å²) in [5.41, 5.74) is 4.90. The Bertz CT molecular complexity index is 243. The van der Waals surface area contributed by atoms with Crippen LogP contribution < -0.4 is 11.1 Å². The standard InChI is InChI=1S/C14H31N3O/c1-6-16-14(4,13(15)18)9-7-10-17(5)11-8-12(2)3/h12,16H,6-11H2,1-5H3,(H2,15,18). The van der Waals surface area contributed by atoms with Crippen LogP contribution in [0.25, 0.3) is 0 Å². The third-order valence-corrected chi connectivity index (χ3v) is 3.42. The fourth-order valence-electron chi connectivity index (χ4n) is 1.98. The molecule has 18 heavy (non-hydrogen) atoms. The lowest BCUT2D eigenvalue weighted by molar-refractivity contribution is -0.124. The number of rotatable bonds is 10. The van der Waals surface area contributed by atoms with Crippen LogP contribution in [-0.4, -0.2) is 43.0 Å². The maximum absolute atomic E-state index is 11.4. The van der Waals surface area contributed by atoms with Gasteiger partial charge in [0.25, 0.3) is 0 Å². The van der Waals surface area contributed by atoms with E-state index in [-0.39, 0.29) is 5.91 Å². The summed E-state index contributed by atoms with van der Waals surface area (Å²) < 4.78 is 0. The maximum atomic E-state index is 11.4. The van der Waals surface area contributed by atoms with Gasteiger partial charge in [0.2, 0.25) is 5.91 Å². The van der Waals surface area contributed by atoms with Gasteiger partial charge < -0.3 is 16.0 Å². The van der Waals surface area contributed by atoms with E-state index in [0.29, 0.717) is 0 Å². The molecule has 0 radical (unpaired) electrons. The molecule has 0 heterocycles. The van der Waals surface area contributed by atoms with Crippen LogP contribution in [0.2, 0.25) is 0 Å². The molecule has 0 aliphatic heterocycles. The summed E-state index contributed by atoms with van der Waals surface area (Å²) >= 11 is 0. The first-order valence-corrected chi connectivity index (χ1v) is 7.05. The van der Waals surface area contributed by atoms with Crippen molar-refractivity contribution in [2.45, 2.75) is 52.5 Å². The average molecular weight is 257 g/mol. The number of carbonyl (C=O) groups is 1. The molecule has 0 rings (SSSR count). The molecular weight excluding hydrogens is 226 g/mol. The van der Waals surface area contributed by atoms with Gasteiger partial charge in [-0.2, -0.15) is 0 Å². The lowest BCUT2D eigenvalue weighted by Crippen LogP contribution is -2.53. The van der Waals surface area contributed by atoms with E-state index in [1.807, 2.05) is 13.8 Å². The first-order chi connectivity index (χ1) is 8.31. The largest absolute Gasteiger partial charge is 0.368 e. The number of hydrogen-bond acceptors (Lipinski definition) is 3. The van der Waals surface area contributed by atoms with Crippen molar-refractivity contribution in [3.05, 3.63) is 0 Å². The molecule has 0 aromatic carbocycles. The molecule has 1 unspecified atom stereocenters. The number of primary amides is 1. The SMILES string of the molecule is CCNC(C)(CCCN(C)CCC(C)C)C(N)=O. The number of amides is 1. The molecule has 0 aromatic heterocycles. The summed E-state index contributed by atoms with van der Waals surface area (Å²) in [5.74, 6) is 0.485. The molecule has 0 aliphatic carbocycles. The van der Waals surface area contributed by atoms with Gasteiger partial charge in [-0.3, -0.25) is 4.79 Å². The normalized spacial score (nSPS) is 15.1. The second-order valence-electron chi connectivity index (χ2n) is 5.82. The molecule has 0 saturated carbocycles. The van der Waals surface area contributed by atoms with Gasteiger partial charge >= 0.3 is 0 Å².